The van der Waals surface area contributed by atoms with Gasteiger partial charge in [0.2, 0.25) is 0 Å². The first-order valence-corrected chi connectivity index (χ1v) is 8.32. The summed E-state index contributed by atoms with van der Waals surface area (Å²) in [6.07, 6.45) is 5.99. The largest absolute Gasteiger partial charge is 0.213 e. The van der Waals surface area contributed by atoms with Crippen molar-refractivity contribution in [1.82, 2.24) is 15.0 Å². The van der Waals surface area contributed by atoms with Crippen molar-refractivity contribution in [2.75, 3.05) is 0 Å². The van der Waals surface area contributed by atoms with Crippen LogP contribution in [0.3, 0.4) is 0 Å². The topological polar surface area (TPSA) is 38.7 Å². The van der Waals surface area contributed by atoms with E-state index >= 15 is 0 Å². The molecule has 1 heterocycles. The van der Waals surface area contributed by atoms with Gasteiger partial charge >= 0.3 is 0 Å². The maximum atomic E-state index is 4.55. The van der Waals surface area contributed by atoms with Gasteiger partial charge in [0, 0.05) is 11.1 Å². The molecule has 0 radical (unpaired) electrons. The number of nitrogens with zero attached hydrogens (tertiary/aromatic N) is 3. The predicted octanol–water partition coefficient (Wildman–Crippen LogP) is 5.88. The minimum atomic E-state index is 0.715. The molecule has 0 atom stereocenters. The number of aryl methyl sites for hydroxylation is 1. The van der Waals surface area contributed by atoms with Crippen LogP contribution in [-0.4, -0.2) is 15.0 Å². The third-order valence-electron chi connectivity index (χ3n) is 2.69. The van der Waals surface area contributed by atoms with E-state index in [4.69, 9.17) is 0 Å². The summed E-state index contributed by atoms with van der Waals surface area (Å²) in [7, 11) is 0. The van der Waals surface area contributed by atoms with Crippen molar-refractivity contribution in [1.29, 1.82) is 0 Å². The molecule has 2 rings (SSSR count). The molecule has 0 spiro atoms. The lowest BCUT2D eigenvalue weighted by Crippen LogP contribution is -2.01. The molecule has 0 N–H and O–H groups in total. The zero-order valence-corrected chi connectivity index (χ0v) is 15.5. The molecule has 0 saturated heterocycles. The second kappa shape index (κ2) is 12.3. The first-order valence-electron chi connectivity index (χ1n) is 8.32. The van der Waals surface area contributed by atoms with Crippen LogP contribution in [0.1, 0.15) is 53.2 Å². The van der Waals surface area contributed by atoms with Crippen molar-refractivity contribution in [3.05, 3.63) is 60.2 Å². The molecule has 0 aliphatic rings. The van der Waals surface area contributed by atoms with Gasteiger partial charge < -0.3 is 0 Å². The number of hydrogen-bond acceptors (Lipinski definition) is 3. The van der Waals surface area contributed by atoms with E-state index < -0.39 is 0 Å². The van der Waals surface area contributed by atoms with Crippen LogP contribution in [0, 0.1) is 6.92 Å². The lowest BCUT2D eigenvalue weighted by Gasteiger charge is -2.05. The summed E-state index contributed by atoms with van der Waals surface area (Å²) in [5.41, 5.74) is 2.01. The van der Waals surface area contributed by atoms with E-state index in [1.54, 1.807) is 0 Å². The Kier molecular flexibility index (Phi) is 11.1. The molecule has 0 bridgehead atoms. The predicted molar refractivity (Wildman–Crippen MR) is 101 cm³/mol. The van der Waals surface area contributed by atoms with Gasteiger partial charge in [-0.05, 0) is 20.8 Å². The van der Waals surface area contributed by atoms with E-state index in [2.05, 4.69) is 15.0 Å². The van der Waals surface area contributed by atoms with Gasteiger partial charge in [-0.15, -0.1) is 0 Å². The van der Waals surface area contributed by atoms with Crippen LogP contribution in [0.25, 0.3) is 17.0 Å². The molecule has 2 aromatic rings. The first-order chi connectivity index (χ1) is 11.2. The number of rotatable bonds is 3. The Balaban J connectivity index is 0.00000112. The van der Waals surface area contributed by atoms with Gasteiger partial charge in [-0.1, -0.05) is 76.3 Å². The molecule has 1 aromatic heterocycles. The first kappa shape index (κ1) is 20.7. The second-order valence-electron chi connectivity index (χ2n) is 4.14. The summed E-state index contributed by atoms with van der Waals surface area (Å²) >= 11 is 0. The SMILES string of the molecule is C/C=C\C(=C/C)c1nc(C)nc(-c2ccccc2)n1.CC.CC. The fourth-order valence-electron chi connectivity index (χ4n) is 1.81. The van der Waals surface area contributed by atoms with Gasteiger partial charge in [0.15, 0.2) is 11.6 Å². The Morgan fingerprint density at radius 3 is 2.00 bits per heavy atom. The lowest BCUT2D eigenvalue weighted by molar-refractivity contribution is 0.962. The minimum Gasteiger partial charge on any atom is -0.213 e. The standard InChI is InChI=1S/C16H17N3.2C2H6/c1-4-9-13(5-2)15-17-12(3)18-16(19-15)14-10-7-6-8-11-14;2*1-2/h4-11H,1-3H3;2*1-2H3/b9-4-,13-5+;;. The highest BCUT2D eigenvalue weighted by atomic mass is 15.0. The Hall–Kier alpha value is -2.29. The maximum Gasteiger partial charge on any atom is 0.163 e. The van der Waals surface area contributed by atoms with Crippen molar-refractivity contribution in [2.24, 2.45) is 0 Å². The normalized spacial score (nSPS) is 10.5. The van der Waals surface area contributed by atoms with E-state index in [0.717, 1.165) is 17.0 Å². The molecule has 1 aromatic carbocycles. The summed E-state index contributed by atoms with van der Waals surface area (Å²) in [4.78, 5) is 13.4. The van der Waals surface area contributed by atoms with Crippen molar-refractivity contribution >= 4 is 5.57 Å². The highest BCUT2D eigenvalue weighted by Gasteiger charge is 2.07. The molecule has 3 nitrogen and oxygen atoms in total. The van der Waals surface area contributed by atoms with Crippen molar-refractivity contribution < 1.29 is 0 Å². The second-order valence-corrected chi connectivity index (χ2v) is 4.14. The summed E-state index contributed by atoms with van der Waals surface area (Å²) in [5, 5.41) is 0. The molecule has 0 amide bonds. The van der Waals surface area contributed by atoms with E-state index in [9.17, 15) is 0 Å². The van der Waals surface area contributed by atoms with E-state index in [0.29, 0.717) is 11.6 Å². The highest BCUT2D eigenvalue weighted by Crippen LogP contribution is 2.18. The molecule has 0 unspecified atom stereocenters. The van der Waals surface area contributed by atoms with Gasteiger partial charge in [-0.25, -0.2) is 15.0 Å². The Morgan fingerprint density at radius 2 is 1.48 bits per heavy atom. The molecule has 0 aliphatic carbocycles. The van der Waals surface area contributed by atoms with Gasteiger partial charge in [0.1, 0.15) is 5.82 Å². The van der Waals surface area contributed by atoms with Crippen molar-refractivity contribution in [3.8, 4) is 11.4 Å². The molecule has 0 fully saturated rings. The van der Waals surface area contributed by atoms with Gasteiger partial charge in [0.05, 0.1) is 0 Å². The Bertz CT molecular complexity index is 614. The van der Waals surface area contributed by atoms with Crippen LogP contribution in [-0.2, 0) is 0 Å². The zero-order valence-electron chi connectivity index (χ0n) is 15.5. The van der Waals surface area contributed by atoms with Gasteiger partial charge in [-0.2, -0.15) is 0 Å². The van der Waals surface area contributed by atoms with Crippen LogP contribution in [0.5, 0.6) is 0 Å². The smallest absolute Gasteiger partial charge is 0.163 e. The van der Waals surface area contributed by atoms with Crippen LogP contribution in [0.15, 0.2) is 48.6 Å². The number of aromatic nitrogens is 3. The third kappa shape index (κ3) is 6.55. The highest BCUT2D eigenvalue weighted by molar-refractivity contribution is 5.70. The molecular weight excluding hydrogens is 282 g/mol. The number of benzene rings is 1. The van der Waals surface area contributed by atoms with Crippen molar-refractivity contribution in [3.63, 3.8) is 0 Å². The van der Waals surface area contributed by atoms with Crippen LogP contribution < -0.4 is 0 Å². The van der Waals surface area contributed by atoms with Gasteiger partial charge in [-0.3, -0.25) is 0 Å². The molecular formula is C20H29N3. The van der Waals surface area contributed by atoms with Crippen LogP contribution >= 0.6 is 0 Å². The summed E-state index contributed by atoms with van der Waals surface area (Å²) in [6, 6.07) is 9.95. The van der Waals surface area contributed by atoms with E-state index in [-0.39, 0.29) is 0 Å². The van der Waals surface area contributed by atoms with Gasteiger partial charge in [0.25, 0.3) is 0 Å². The molecule has 23 heavy (non-hydrogen) atoms. The van der Waals surface area contributed by atoms with E-state index in [1.165, 1.54) is 0 Å². The number of allylic oxidation sites excluding steroid dienone is 4. The quantitative estimate of drug-likeness (QED) is 0.664. The molecule has 3 heteroatoms. The van der Waals surface area contributed by atoms with E-state index in [1.807, 2.05) is 97.0 Å². The average molecular weight is 311 g/mol. The summed E-state index contributed by atoms with van der Waals surface area (Å²) in [6.45, 7) is 13.9. The van der Waals surface area contributed by atoms with Crippen LogP contribution in [0.2, 0.25) is 0 Å². The fourth-order valence-corrected chi connectivity index (χ4v) is 1.81. The minimum absolute atomic E-state index is 0.715. The molecule has 124 valence electrons. The third-order valence-corrected chi connectivity index (χ3v) is 2.69. The summed E-state index contributed by atoms with van der Waals surface area (Å²) in [5.74, 6) is 2.16. The maximum absolute atomic E-state index is 4.55. The summed E-state index contributed by atoms with van der Waals surface area (Å²) < 4.78 is 0. The number of hydrogen-bond donors (Lipinski definition) is 0. The van der Waals surface area contributed by atoms with Crippen molar-refractivity contribution in [2.45, 2.75) is 48.5 Å². The fraction of sp³-hybridized carbons (Fsp3) is 0.350. The molecule has 0 saturated carbocycles. The lowest BCUT2D eigenvalue weighted by atomic mass is 10.2. The van der Waals surface area contributed by atoms with Crippen LogP contribution in [0.4, 0.5) is 0 Å². The molecule has 0 aliphatic heterocycles. The Morgan fingerprint density at radius 1 is 0.870 bits per heavy atom. The Labute approximate surface area is 141 Å². The average Bonchev–Trinajstić information content (AvgIpc) is 2.63. The zero-order chi connectivity index (χ0) is 17.7. The monoisotopic (exact) mass is 311 g/mol.